The maximum Gasteiger partial charge on any atom is 0.358 e. The van der Waals surface area contributed by atoms with Crippen LogP contribution in [0.15, 0.2) is 4.79 Å². The normalized spacial score (nSPS) is 16.4. The summed E-state index contributed by atoms with van der Waals surface area (Å²) in [7, 11) is 0. The summed E-state index contributed by atoms with van der Waals surface area (Å²) in [5.74, 6) is 0. The number of nitrogens with one attached hydrogen (secondary N) is 1. The lowest BCUT2D eigenvalue weighted by molar-refractivity contribution is 0.165. The first-order valence-electron chi connectivity index (χ1n) is 3.81. The molecule has 1 aromatic rings. The molecule has 0 aromatic carbocycles. The van der Waals surface area contributed by atoms with Gasteiger partial charge in [0.1, 0.15) is 0 Å². The van der Waals surface area contributed by atoms with E-state index in [9.17, 15) is 4.79 Å². The second-order valence-electron chi connectivity index (χ2n) is 2.87. The Morgan fingerprint density at radius 1 is 1.36 bits per heavy atom. The van der Waals surface area contributed by atoms with Gasteiger partial charge in [0.25, 0.3) is 0 Å². The lowest BCUT2D eigenvalue weighted by Crippen LogP contribution is -2.15. The van der Waals surface area contributed by atoms with Gasteiger partial charge in [0.05, 0.1) is 5.69 Å². The summed E-state index contributed by atoms with van der Waals surface area (Å²) in [6.45, 7) is 0. The average molecular weight is 154 g/mol. The molecule has 0 unspecified atom stereocenters. The van der Waals surface area contributed by atoms with Crippen molar-refractivity contribution < 1.29 is 5.21 Å². The fraction of sp³-hybridized carbons (Fsp3) is 0.571. The van der Waals surface area contributed by atoms with Gasteiger partial charge in [0.15, 0.2) is 0 Å². The number of H-pyrrole nitrogens is 1. The van der Waals surface area contributed by atoms with Gasteiger partial charge in [-0.25, -0.2) is 4.79 Å². The molecule has 0 saturated heterocycles. The van der Waals surface area contributed by atoms with Crippen LogP contribution in [0.3, 0.4) is 0 Å². The molecule has 2 N–H and O–H groups in total. The molecule has 4 nitrogen and oxygen atoms in total. The zero-order valence-corrected chi connectivity index (χ0v) is 6.13. The average Bonchev–Trinajstić information content (AvgIpc) is 2.30. The van der Waals surface area contributed by atoms with E-state index in [0.29, 0.717) is 0 Å². The predicted molar refractivity (Wildman–Crippen MR) is 38.9 cm³/mol. The molecular formula is C7H10N2O2. The van der Waals surface area contributed by atoms with Crippen molar-refractivity contribution in [3.8, 4) is 0 Å². The summed E-state index contributed by atoms with van der Waals surface area (Å²) in [5.41, 5.74) is 1.27. The number of aromatic amines is 1. The van der Waals surface area contributed by atoms with Gasteiger partial charge < -0.3 is 10.2 Å². The quantitative estimate of drug-likeness (QED) is 0.528. The van der Waals surface area contributed by atoms with Gasteiger partial charge in [-0.05, 0) is 25.7 Å². The van der Waals surface area contributed by atoms with Crippen LogP contribution in [0.4, 0.5) is 0 Å². The number of nitrogens with zero attached hydrogens (tertiary/aromatic N) is 1. The van der Waals surface area contributed by atoms with Gasteiger partial charge in [0.2, 0.25) is 0 Å². The Kier molecular flexibility index (Phi) is 1.27. The van der Waals surface area contributed by atoms with E-state index in [2.05, 4.69) is 4.98 Å². The SMILES string of the molecule is O=c1[nH]c2c(n1O)CCCC2. The van der Waals surface area contributed by atoms with E-state index >= 15 is 0 Å². The Balaban J connectivity index is 2.59. The number of hydrogen-bond acceptors (Lipinski definition) is 2. The van der Waals surface area contributed by atoms with Crippen LogP contribution in [0.5, 0.6) is 0 Å². The summed E-state index contributed by atoms with van der Waals surface area (Å²) in [6, 6.07) is 0. The molecule has 0 amide bonds. The van der Waals surface area contributed by atoms with Crippen molar-refractivity contribution in [2.45, 2.75) is 25.7 Å². The number of hydrogen-bond donors (Lipinski definition) is 2. The largest absolute Gasteiger partial charge is 0.424 e. The number of fused-ring (bicyclic) bond motifs is 1. The molecule has 0 spiro atoms. The maximum atomic E-state index is 10.9. The lowest BCUT2D eigenvalue weighted by Gasteiger charge is -2.09. The van der Waals surface area contributed by atoms with Crippen LogP contribution in [0, 0.1) is 0 Å². The smallest absolute Gasteiger partial charge is 0.358 e. The van der Waals surface area contributed by atoms with Gasteiger partial charge in [-0.2, -0.15) is 0 Å². The third-order valence-corrected chi connectivity index (χ3v) is 2.14. The highest BCUT2D eigenvalue weighted by Crippen LogP contribution is 2.16. The zero-order valence-electron chi connectivity index (χ0n) is 6.13. The molecule has 0 bridgehead atoms. The zero-order chi connectivity index (χ0) is 7.84. The molecule has 1 aromatic heterocycles. The van der Waals surface area contributed by atoms with Crippen LogP contribution in [-0.4, -0.2) is 14.9 Å². The Labute approximate surface area is 63.4 Å². The molecule has 0 radical (unpaired) electrons. The first-order chi connectivity index (χ1) is 5.29. The fourth-order valence-corrected chi connectivity index (χ4v) is 1.56. The molecule has 0 saturated carbocycles. The van der Waals surface area contributed by atoms with Crippen molar-refractivity contribution in [1.82, 2.24) is 9.71 Å². The second-order valence-corrected chi connectivity index (χ2v) is 2.87. The van der Waals surface area contributed by atoms with Crippen LogP contribution in [0.1, 0.15) is 24.2 Å². The van der Waals surface area contributed by atoms with Crippen LogP contribution in [0.2, 0.25) is 0 Å². The van der Waals surface area contributed by atoms with E-state index in [4.69, 9.17) is 5.21 Å². The molecule has 1 aliphatic rings. The first-order valence-corrected chi connectivity index (χ1v) is 3.81. The number of aromatic nitrogens is 2. The molecule has 0 atom stereocenters. The van der Waals surface area contributed by atoms with Crippen molar-refractivity contribution in [2.24, 2.45) is 0 Å². The first kappa shape index (κ1) is 6.52. The highest BCUT2D eigenvalue weighted by molar-refractivity contribution is 5.14. The molecule has 60 valence electrons. The third kappa shape index (κ3) is 0.859. The van der Waals surface area contributed by atoms with Gasteiger partial charge in [-0.15, -0.1) is 4.73 Å². The molecule has 0 aliphatic heterocycles. The minimum Gasteiger partial charge on any atom is -0.424 e. The van der Waals surface area contributed by atoms with E-state index in [1.54, 1.807) is 0 Å². The van der Waals surface area contributed by atoms with E-state index < -0.39 is 5.69 Å². The highest BCUT2D eigenvalue weighted by Gasteiger charge is 2.16. The Morgan fingerprint density at radius 2 is 2.09 bits per heavy atom. The molecule has 0 fully saturated rings. The maximum absolute atomic E-state index is 10.9. The number of imidazole rings is 1. The predicted octanol–water partition coefficient (Wildman–Crippen LogP) is 0.292. The molecule has 4 heteroatoms. The Hall–Kier alpha value is -1.19. The van der Waals surface area contributed by atoms with Gasteiger partial charge in [-0.3, -0.25) is 0 Å². The third-order valence-electron chi connectivity index (χ3n) is 2.14. The minimum absolute atomic E-state index is 0.406. The van der Waals surface area contributed by atoms with Gasteiger partial charge in [0, 0.05) is 5.69 Å². The minimum atomic E-state index is -0.406. The monoisotopic (exact) mass is 154 g/mol. The number of aryl methyl sites for hydroxylation is 1. The molecular weight excluding hydrogens is 144 g/mol. The molecule has 1 aliphatic carbocycles. The van der Waals surface area contributed by atoms with Gasteiger partial charge >= 0.3 is 5.69 Å². The van der Waals surface area contributed by atoms with Crippen molar-refractivity contribution in [3.05, 3.63) is 21.9 Å². The van der Waals surface area contributed by atoms with Crippen molar-refractivity contribution in [3.63, 3.8) is 0 Å². The number of rotatable bonds is 0. The molecule has 1 heterocycles. The Bertz CT molecular complexity index is 324. The fourth-order valence-electron chi connectivity index (χ4n) is 1.56. The summed E-state index contributed by atoms with van der Waals surface area (Å²) < 4.78 is 0.731. The van der Waals surface area contributed by atoms with Crippen molar-refractivity contribution in [1.29, 1.82) is 0 Å². The highest BCUT2D eigenvalue weighted by atomic mass is 16.5. The molecule has 11 heavy (non-hydrogen) atoms. The topological polar surface area (TPSA) is 58.0 Å². The van der Waals surface area contributed by atoms with Crippen LogP contribution in [-0.2, 0) is 12.8 Å². The van der Waals surface area contributed by atoms with Gasteiger partial charge in [-0.1, -0.05) is 0 Å². The summed E-state index contributed by atoms with van der Waals surface area (Å²) in [4.78, 5) is 13.5. The molecule has 2 rings (SSSR count). The summed E-state index contributed by atoms with van der Waals surface area (Å²) in [5, 5.41) is 9.16. The van der Waals surface area contributed by atoms with E-state index in [0.717, 1.165) is 41.8 Å². The van der Waals surface area contributed by atoms with Crippen LogP contribution < -0.4 is 5.69 Å². The van der Waals surface area contributed by atoms with E-state index in [-0.39, 0.29) is 0 Å². The van der Waals surface area contributed by atoms with E-state index in [1.165, 1.54) is 0 Å². The summed E-state index contributed by atoms with van der Waals surface area (Å²) >= 11 is 0. The van der Waals surface area contributed by atoms with Crippen LogP contribution >= 0.6 is 0 Å². The lowest BCUT2D eigenvalue weighted by atomic mass is 10.0. The van der Waals surface area contributed by atoms with E-state index in [1.807, 2.05) is 0 Å². The second kappa shape index (κ2) is 2.15. The standard InChI is InChI=1S/C7H10N2O2/c10-7-8-5-3-1-2-4-6(5)9(7)11/h11H,1-4H2,(H,8,10). The van der Waals surface area contributed by atoms with Crippen molar-refractivity contribution in [2.75, 3.05) is 0 Å². The Morgan fingerprint density at radius 3 is 2.82 bits per heavy atom. The van der Waals surface area contributed by atoms with Crippen molar-refractivity contribution >= 4 is 0 Å². The summed E-state index contributed by atoms with van der Waals surface area (Å²) in [6.07, 6.45) is 3.86. The van der Waals surface area contributed by atoms with Crippen LogP contribution in [0.25, 0.3) is 0 Å².